The van der Waals surface area contributed by atoms with Crippen molar-refractivity contribution in [3.63, 3.8) is 0 Å². The summed E-state index contributed by atoms with van der Waals surface area (Å²) >= 11 is 0. The van der Waals surface area contributed by atoms with E-state index < -0.39 is 30.1 Å². The number of anilines is 2. The van der Waals surface area contributed by atoms with Crippen LogP contribution < -0.4 is 9.80 Å². The Labute approximate surface area is 190 Å². The number of alkyl halides is 5. The van der Waals surface area contributed by atoms with Gasteiger partial charge in [0.15, 0.2) is 5.65 Å². The molecule has 0 N–H and O–H groups in total. The van der Waals surface area contributed by atoms with E-state index >= 15 is 0 Å². The molecule has 3 aromatic heterocycles. The first-order valence-corrected chi connectivity index (χ1v) is 10.7. The van der Waals surface area contributed by atoms with E-state index in [9.17, 15) is 26.7 Å². The van der Waals surface area contributed by atoms with Gasteiger partial charge in [-0.1, -0.05) is 0 Å². The van der Waals surface area contributed by atoms with Crippen LogP contribution in [0.25, 0.3) is 11.2 Å². The molecule has 1 amide bonds. The summed E-state index contributed by atoms with van der Waals surface area (Å²) in [6, 6.07) is 1.22. The van der Waals surface area contributed by atoms with Crippen molar-refractivity contribution in [2.24, 2.45) is 5.41 Å². The molecule has 0 saturated carbocycles. The van der Waals surface area contributed by atoms with Crippen molar-refractivity contribution in [3.05, 3.63) is 36.4 Å². The number of hydrogen-bond acceptors (Lipinski definition) is 6. The molecule has 5 heterocycles. The molecule has 0 unspecified atom stereocenters. The summed E-state index contributed by atoms with van der Waals surface area (Å²) < 4.78 is 67.1. The van der Waals surface area contributed by atoms with Gasteiger partial charge in [0.2, 0.25) is 5.91 Å². The number of halogens is 5. The molecule has 2 saturated heterocycles. The van der Waals surface area contributed by atoms with Crippen molar-refractivity contribution < 1.29 is 26.7 Å². The van der Waals surface area contributed by atoms with E-state index in [1.54, 1.807) is 0 Å². The molecular formula is C21H20F5N7O. The number of aromatic nitrogens is 5. The molecule has 0 bridgehead atoms. The first-order chi connectivity index (χ1) is 16.2. The van der Waals surface area contributed by atoms with Crippen molar-refractivity contribution in [2.45, 2.75) is 38.4 Å². The first kappa shape index (κ1) is 22.4. The third-order valence-corrected chi connectivity index (χ3v) is 6.60. The molecule has 34 heavy (non-hydrogen) atoms. The van der Waals surface area contributed by atoms with Crippen LogP contribution in [0, 0.1) is 5.41 Å². The summed E-state index contributed by atoms with van der Waals surface area (Å²) in [4.78, 5) is 28.7. The Kier molecular flexibility index (Phi) is 5.36. The molecule has 8 nitrogen and oxygen atoms in total. The van der Waals surface area contributed by atoms with Crippen LogP contribution in [0.1, 0.15) is 24.8 Å². The van der Waals surface area contributed by atoms with Gasteiger partial charge in [0.1, 0.15) is 17.9 Å². The van der Waals surface area contributed by atoms with Crippen LogP contribution in [0.5, 0.6) is 0 Å². The SMILES string of the molecule is O=C1N(c2ccncc2C(F)(F)F)CCC12CCN(c1cnc3cnn(CC(F)F)c3n1)CC2. The smallest absolute Gasteiger partial charge is 0.355 e. The van der Waals surface area contributed by atoms with Crippen LogP contribution >= 0.6 is 0 Å². The van der Waals surface area contributed by atoms with Crippen molar-refractivity contribution in [3.8, 4) is 0 Å². The second-order valence-corrected chi connectivity index (χ2v) is 8.52. The summed E-state index contributed by atoms with van der Waals surface area (Å²) in [6.07, 6.45) is -0.984. The topological polar surface area (TPSA) is 80.0 Å². The maximum atomic E-state index is 13.4. The molecule has 2 fully saturated rings. The highest BCUT2D eigenvalue weighted by Gasteiger charge is 2.50. The highest BCUT2D eigenvalue weighted by molar-refractivity contribution is 6.00. The highest BCUT2D eigenvalue weighted by Crippen LogP contribution is 2.46. The number of piperidine rings is 1. The maximum Gasteiger partial charge on any atom is 0.419 e. The van der Waals surface area contributed by atoms with E-state index in [0.29, 0.717) is 43.7 Å². The fourth-order valence-electron chi connectivity index (χ4n) is 4.78. The number of carbonyl (C=O) groups is 1. The van der Waals surface area contributed by atoms with Gasteiger partial charge in [-0.15, -0.1) is 0 Å². The number of rotatable bonds is 4. The van der Waals surface area contributed by atoms with Crippen molar-refractivity contribution in [2.75, 3.05) is 29.4 Å². The maximum absolute atomic E-state index is 13.4. The van der Waals surface area contributed by atoms with Crippen LogP contribution in [-0.2, 0) is 17.5 Å². The van der Waals surface area contributed by atoms with Gasteiger partial charge in [0.05, 0.1) is 29.1 Å². The van der Waals surface area contributed by atoms with E-state index in [2.05, 4.69) is 20.1 Å². The molecule has 2 aliphatic heterocycles. The van der Waals surface area contributed by atoms with E-state index in [4.69, 9.17) is 0 Å². The lowest BCUT2D eigenvalue weighted by Crippen LogP contribution is -2.45. The molecule has 0 aliphatic carbocycles. The van der Waals surface area contributed by atoms with Gasteiger partial charge in [-0.05, 0) is 25.3 Å². The zero-order chi connectivity index (χ0) is 24.1. The standard InChI is InChI=1S/C21H20F5N7O/c22-16(23)12-33-18-14(10-29-33)28-11-17(30-18)31-6-2-20(3-7-31)4-8-32(19(20)34)15-1-5-27-9-13(15)21(24,25)26/h1,5,9-11,16H,2-4,6-8,12H2. The fraction of sp³-hybridized carbons (Fsp3) is 0.476. The van der Waals surface area contributed by atoms with Crippen LogP contribution in [0.3, 0.4) is 0 Å². The quantitative estimate of drug-likeness (QED) is 0.531. The molecule has 3 aromatic rings. The van der Waals surface area contributed by atoms with Crippen molar-refractivity contribution >= 4 is 28.6 Å². The highest BCUT2D eigenvalue weighted by atomic mass is 19.4. The third kappa shape index (κ3) is 3.82. The summed E-state index contributed by atoms with van der Waals surface area (Å²) in [7, 11) is 0. The predicted octanol–water partition coefficient (Wildman–Crippen LogP) is 3.53. The van der Waals surface area contributed by atoms with E-state index in [0.717, 1.165) is 10.9 Å². The molecule has 13 heteroatoms. The van der Waals surface area contributed by atoms with Gasteiger partial charge in [0, 0.05) is 32.0 Å². The average Bonchev–Trinajstić information content (AvgIpc) is 3.34. The van der Waals surface area contributed by atoms with Crippen molar-refractivity contribution in [1.29, 1.82) is 0 Å². The first-order valence-electron chi connectivity index (χ1n) is 10.7. The Morgan fingerprint density at radius 1 is 1.06 bits per heavy atom. The Morgan fingerprint density at radius 3 is 2.50 bits per heavy atom. The fourth-order valence-corrected chi connectivity index (χ4v) is 4.78. The number of carbonyl (C=O) groups excluding carboxylic acids is 1. The second-order valence-electron chi connectivity index (χ2n) is 8.52. The van der Waals surface area contributed by atoms with Crippen LogP contribution in [-0.4, -0.2) is 56.7 Å². The lowest BCUT2D eigenvalue weighted by atomic mass is 9.77. The number of nitrogens with zero attached hydrogens (tertiary/aromatic N) is 7. The summed E-state index contributed by atoms with van der Waals surface area (Å²) in [5.41, 5.74) is -1.20. The zero-order valence-corrected chi connectivity index (χ0v) is 17.8. The Hall–Kier alpha value is -3.38. The number of amides is 1. The van der Waals surface area contributed by atoms with E-state index in [1.807, 2.05) is 4.90 Å². The van der Waals surface area contributed by atoms with E-state index in [-0.39, 0.29) is 23.8 Å². The summed E-state index contributed by atoms with van der Waals surface area (Å²) in [5, 5.41) is 3.91. The normalized spacial score (nSPS) is 18.6. The van der Waals surface area contributed by atoms with Gasteiger partial charge in [-0.25, -0.2) is 23.4 Å². The molecule has 0 atom stereocenters. The van der Waals surface area contributed by atoms with Gasteiger partial charge in [-0.2, -0.15) is 18.3 Å². The lowest BCUT2D eigenvalue weighted by Gasteiger charge is -2.38. The summed E-state index contributed by atoms with van der Waals surface area (Å²) in [6.45, 7) is 0.477. The molecule has 180 valence electrons. The lowest BCUT2D eigenvalue weighted by molar-refractivity contribution is -0.137. The Morgan fingerprint density at radius 2 is 1.79 bits per heavy atom. The number of fused-ring (bicyclic) bond motifs is 1. The van der Waals surface area contributed by atoms with Gasteiger partial charge in [0.25, 0.3) is 6.43 Å². The van der Waals surface area contributed by atoms with Crippen LogP contribution in [0.4, 0.5) is 33.5 Å². The molecule has 0 radical (unpaired) electrons. The zero-order valence-electron chi connectivity index (χ0n) is 17.8. The molecule has 1 spiro atoms. The second kappa shape index (κ2) is 8.13. The minimum absolute atomic E-state index is 0.171. The van der Waals surface area contributed by atoms with Gasteiger partial charge in [-0.3, -0.25) is 9.78 Å². The minimum atomic E-state index is -4.61. The Bertz CT molecular complexity index is 1220. The number of pyridine rings is 1. The predicted molar refractivity (Wildman–Crippen MR) is 111 cm³/mol. The van der Waals surface area contributed by atoms with E-state index in [1.165, 1.54) is 29.6 Å². The van der Waals surface area contributed by atoms with Crippen molar-refractivity contribution in [1.82, 2.24) is 24.7 Å². The Balaban J connectivity index is 1.33. The average molecular weight is 481 g/mol. The summed E-state index contributed by atoms with van der Waals surface area (Å²) in [5.74, 6) is 0.162. The third-order valence-electron chi connectivity index (χ3n) is 6.60. The van der Waals surface area contributed by atoms with Gasteiger partial charge >= 0.3 is 6.18 Å². The number of hydrogen-bond donors (Lipinski definition) is 0. The molecule has 2 aliphatic rings. The van der Waals surface area contributed by atoms with Gasteiger partial charge < -0.3 is 9.80 Å². The van der Waals surface area contributed by atoms with Crippen LogP contribution in [0.2, 0.25) is 0 Å². The monoisotopic (exact) mass is 481 g/mol. The molecule has 5 rings (SSSR count). The largest absolute Gasteiger partial charge is 0.419 e. The molecule has 0 aromatic carbocycles. The van der Waals surface area contributed by atoms with Crippen LogP contribution in [0.15, 0.2) is 30.9 Å². The minimum Gasteiger partial charge on any atom is -0.355 e. The molecular weight excluding hydrogens is 461 g/mol.